The van der Waals surface area contributed by atoms with Crippen molar-refractivity contribution in [1.29, 1.82) is 0 Å². The number of hydrogen-bond donors (Lipinski definition) is 0. The van der Waals surface area contributed by atoms with Crippen LogP contribution in [0.4, 0.5) is 13.2 Å². The summed E-state index contributed by atoms with van der Waals surface area (Å²) in [5.74, 6) is -0.673. The van der Waals surface area contributed by atoms with Crippen molar-refractivity contribution in [3.63, 3.8) is 0 Å². The molecule has 0 heterocycles. The van der Waals surface area contributed by atoms with Gasteiger partial charge < -0.3 is 0 Å². The molecule has 0 aliphatic rings. The summed E-state index contributed by atoms with van der Waals surface area (Å²) >= 11 is 0. The van der Waals surface area contributed by atoms with E-state index < -0.39 is 12.2 Å². The van der Waals surface area contributed by atoms with Gasteiger partial charge in [0, 0.05) is 5.56 Å². The molecule has 3 heteroatoms. The molecule has 0 bridgehead atoms. The van der Waals surface area contributed by atoms with Gasteiger partial charge in [-0.15, -0.1) is 0 Å². The van der Waals surface area contributed by atoms with Gasteiger partial charge in [0.2, 0.25) is 0 Å². The van der Waals surface area contributed by atoms with Crippen LogP contribution in [0.5, 0.6) is 0 Å². The predicted molar refractivity (Wildman–Crippen MR) is 35.8 cm³/mol. The van der Waals surface area contributed by atoms with E-state index in [0.717, 1.165) is 18.2 Å². The summed E-state index contributed by atoms with van der Waals surface area (Å²) in [7, 11) is 0. The number of benzene rings is 1. The van der Waals surface area contributed by atoms with Gasteiger partial charge in [-0.1, -0.05) is 0 Å². The molecule has 59 valence electrons. The minimum Gasteiger partial charge on any atom is -0.207 e. The topological polar surface area (TPSA) is 0 Å². The quantitative estimate of drug-likeness (QED) is 0.591. The summed E-state index contributed by atoms with van der Waals surface area (Å²) in [6.45, 7) is 3.35. The van der Waals surface area contributed by atoms with Crippen LogP contribution in [0, 0.1) is 12.7 Å². The lowest BCUT2D eigenvalue weighted by atomic mass is 10.1. The Morgan fingerprint density at radius 3 is 2.27 bits per heavy atom. The molecule has 0 N–H and O–H groups in total. The fraction of sp³-hybridized carbons (Fsp3) is 0.125. The SMILES string of the molecule is [CH2]c1cc(F)cc(C(F)F)c1. The van der Waals surface area contributed by atoms with Crippen LogP contribution < -0.4 is 0 Å². The molecule has 0 unspecified atom stereocenters. The van der Waals surface area contributed by atoms with Crippen LogP contribution in [-0.2, 0) is 0 Å². The number of hydrogen-bond acceptors (Lipinski definition) is 0. The molecule has 1 aromatic carbocycles. The van der Waals surface area contributed by atoms with Gasteiger partial charge in [-0.3, -0.25) is 0 Å². The van der Waals surface area contributed by atoms with Crippen LogP contribution in [-0.4, -0.2) is 0 Å². The van der Waals surface area contributed by atoms with E-state index in [1.165, 1.54) is 0 Å². The van der Waals surface area contributed by atoms with Gasteiger partial charge in [-0.05, 0) is 30.7 Å². The molecule has 0 saturated carbocycles. The molecule has 1 aromatic rings. The second kappa shape index (κ2) is 2.95. The third kappa shape index (κ3) is 1.97. The van der Waals surface area contributed by atoms with Crippen LogP contribution in [0.25, 0.3) is 0 Å². The first-order valence-electron chi connectivity index (χ1n) is 3.00. The maximum absolute atomic E-state index is 12.4. The molecule has 1 rings (SSSR count). The normalized spacial score (nSPS) is 10.6. The Hall–Kier alpha value is -0.990. The average Bonchev–Trinajstić information content (AvgIpc) is 1.85. The molecule has 11 heavy (non-hydrogen) atoms. The molecule has 0 amide bonds. The van der Waals surface area contributed by atoms with Crippen molar-refractivity contribution in [3.05, 3.63) is 42.1 Å². The van der Waals surface area contributed by atoms with Crippen molar-refractivity contribution >= 4 is 0 Å². The van der Waals surface area contributed by atoms with Crippen LogP contribution >= 0.6 is 0 Å². The highest BCUT2D eigenvalue weighted by molar-refractivity contribution is 5.27. The molecular weight excluding hydrogens is 153 g/mol. The van der Waals surface area contributed by atoms with Gasteiger partial charge >= 0.3 is 0 Å². The van der Waals surface area contributed by atoms with E-state index in [4.69, 9.17) is 0 Å². The summed E-state index contributed by atoms with van der Waals surface area (Å²) in [5.41, 5.74) is -0.0599. The van der Waals surface area contributed by atoms with Crippen LogP contribution in [0.3, 0.4) is 0 Å². The second-order valence-corrected chi connectivity index (χ2v) is 2.19. The molecular formula is C8H6F3. The van der Waals surface area contributed by atoms with E-state index in [1.807, 2.05) is 0 Å². The molecule has 0 spiro atoms. The standard InChI is InChI=1S/C8H6F3/c1-5-2-6(8(10)11)4-7(9)3-5/h2-4,8H,1H2. The Morgan fingerprint density at radius 2 is 1.82 bits per heavy atom. The van der Waals surface area contributed by atoms with Crippen molar-refractivity contribution in [2.24, 2.45) is 0 Å². The van der Waals surface area contributed by atoms with Crippen molar-refractivity contribution < 1.29 is 13.2 Å². The van der Waals surface area contributed by atoms with Crippen molar-refractivity contribution in [2.75, 3.05) is 0 Å². The summed E-state index contributed by atoms with van der Waals surface area (Å²) in [6.07, 6.45) is -2.63. The summed E-state index contributed by atoms with van der Waals surface area (Å²) in [6, 6.07) is 3.07. The molecule has 0 aromatic heterocycles. The number of halogens is 3. The van der Waals surface area contributed by atoms with Gasteiger partial charge in [0.1, 0.15) is 5.82 Å². The molecule has 0 aliphatic carbocycles. The third-order valence-corrected chi connectivity index (χ3v) is 1.23. The Balaban J connectivity index is 3.08. The summed E-state index contributed by atoms with van der Waals surface area (Å²) in [5, 5.41) is 0. The zero-order valence-corrected chi connectivity index (χ0v) is 5.65. The largest absolute Gasteiger partial charge is 0.263 e. The van der Waals surface area contributed by atoms with Crippen molar-refractivity contribution in [3.8, 4) is 0 Å². The Labute approximate surface area is 62.7 Å². The van der Waals surface area contributed by atoms with Gasteiger partial charge in [0.05, 0.1) is 0 Å². The fourth-order valence-corrected chi connectivity index (χ4v) is 0.801. The van der Waals surface area contributed by atoms with Gasteiger partial charge in [0.25, 0.3) is 6.43 Å². The Bertz CT molecular complexity index is 235. The summed E-state index contributed by atoms with van der Waals surface area (Å²) < 4.78 is 36.3. The maximum Gasteiger partial charge on any atom is 0.263 e. The van der Waals surface area contributed by atoms with Gasteiger partial charge in [-0.2, -0.15) is 0 Å². The smallest absolute Gasteiger partial charge is 0.207 e. The Kier molecular flexibility index (Phi) is 2.17. The first kappa shape index (κ1) is 8.11. The first-order valence-corrected chi connectivity index (χ1v) is 3.00. The first-order chi connectivity index (χ1) is 5.09. The minimum absolute atomic E-state index is 0.264. The molecule has 0 nitrogen and oxygen atoms in total. The lowest BCUT2D eigenvalue weighted by Gasteiger charge is -2.00. The molecule has 1 radical (unpaired) electrons. The summed E-state index contributed by atoms with van der Waals surface area (Å²) in [4.78, 5) is 0. The van der Waals surface area contributed by atoms with E-state index in [9.17, 15) is 13.2 Å². The zero-order valence-electron chi connectivity index (χ0n) is 5.65. The van der Waals surface area contributed by atoms with E-state index in [2.05, 4.69) is 6.92 Å². The number of rotatable bonds is 1. The van der Waals surface area contributed by atoms with E-state index in [1.54, 1.807) is 0 Å². The third-order valence-electron chi connectivity index (χ3n) is 1.23. The second-order valence-electron chi connectivity index (χ2n) is 2.19. The highest BCUT2D eigenvalue weighted by Crippen LogP contribution is 2.20. The van der Waals surface area contributed by atoms with Crippen LogP contribution in [0.2, 0.25) is 0 Å². The monoisotopic (exact) mass is 159 g/mol. The molecule has 0 saturated heterocycles. The van der Waals surface area contributed by atoms with Crippen LogP contribution in [0.15, 0.2) is 18.2 Å². The van der Waals surface area contributed by atoms with E-state index in [0.29, 0.717) is 0 Å². The van der Waals surface area contributed by atoms with E-state index in [-0.39, 0.29) is 11.1 Å². The lowest BCUT2D eigenvalue weighted by molar-refractivity contribution is 0.151. The van der Waals surface area contributed by atoms with E-state index >= 15 is 0 Å². The lowest BCUT2D eigenvalue weighted by Crippen LogP contribution is -1.87. The molecule has 0 aliphatic heterocycles. The van der Waals surface area contributed by atoms with Crippen molar-refractivity contribution in [2.45, 2.75) is 6.43 Å². The highest BCUT2D eigenvalue weighted by Gasteiger charge is 2.07. The van der Waals surface area contributed by atoms with Gasteiger partial charge in [-0.25, -0.2) is 13.2 Å². The van der Waals surface area contributed by atoms with Crippen molar-refractivity contribution in [1.82, 2.24) is 0 Å². The fourth-order valence-electron chi connectivity index (χ4n) is 0.801. The Morgan fingerprint density at radius 1 is 1.18 bits per heavy atom. The molecule has 0 atom stereocenters. The minimum atomic E-state index is -2.63. The zero-order chi connectivity index (χ0) is 8.43. The van der Waals surface area contributed by atoms with Gasteiger partial charge in [0.15, 0.2) is 0 Å². The number of alkyl halides is 2. The average molecular weight is 159 g/mol. The highest BCUT2D eigenvalue weighted by atomic mass is 19.3. The predicted octanol–water partition coefficient (Wildman–Crippen LogP) is 2.95. The molecule has 0 fully saturated rings. The van der Waals surface area contributed by atoms with Crippen LogP contribution in [0.1, 0.15) is 17.6 Å². The maximum atomic E-state index is 12.4.